The van der Waals surface area contributed by atoms with Crippen LogP contribution in [0.25, 0.3) is 0 Å². The topological polar surface area (TPSA) is 61.5 Å². The summed E-state index contributed by atoms with van der Waals surface area (Å²) in [6, 6.07) is 20.9. The molecular weight excluding hydrogens is 479 g/mol. The van der Waals surface area contributed by atoms with E-state index in [0.717, 1.165) is 22.4 Å². The van der Waals surface area contributed by atoms with E-state index >= 15 is 0 Å². The Hall–Kier alpha value is -3.00. The van der Waals surface area contributed by atoms with Crippen LogP contribution in [-0.4, -0.2) is 28.2 Å². The fourth-order valence-corrected chi connectivity index (χ4v) is 4.14. The van der Waals surface area contributed by atoms with Crippen LogP contribution in [0.5, 0.6) is 11.5 Å². The summed E-state index contributed by atoms with van der Waals surface area (Å²) in [6.45, 7) is 0.344. The summed E-state index contributed by atoms with van der Waals surface area (Å²) in [4.78, 5) is 0. The molecule has 4 aromatic rings. The zero-order valence-electron chi connectivity index (χ0n) is 17.7. The van der Waals surface area contributed by atoms with Crippen molar-refractivity contribution in [1.82, 2.24) is 14.9 Å². The average Bonchev–Trinajstić information content (AvgIpc) is 3.28. The van der Waals surface area contributed by atoms with Gasteiger partial charge >= 0.3 is 0 Å². The van der Waals surface area contributed by atoms with E-state index in [9.17, 15) is 0 Å². The molecule has 0 atom stereocenters. The molecule has 4 rings (SSSR count). The maximum absolute atomic E-state index is 6.09. The predicted molar refractivity (Wildman–Crippen MR) is 133 cm³/mol. The van der Waals surface area contributed by atoms with E-state index in [1.165, 1.54) is 11.8 Å². The largest absolute Gasteiger partial charge is 0.493 e. The first-order chi connectivity index (χ1) is 16.1. The molecule has 0 saturated heterocycles. The number of methoxy groups -OCH3 is 1. The van der Waals surface area contributed by atoms with Gasteiger partial charge in [-0.25, -0.2) is 0 Å². The molecule has 0 fully saturated rings. The third-order valence-corrected chi connectivity index (χ3v) is 6.10. The number of benzene rings is 3. The normalized spacial score (nSPS) is 11.1. The van der Waals surface area contributed by atoms with Gasteiger partial charge in [0.05, 0.1) is 13.3 Å². The minimum Gasteiger partial charge on any atom is -0.493 e. The van der Waals surface area contributed by atoms with Crippen LogP contribution in [0.15, 0.2) is 83.3 Å². The van der Waals surface area contributed by atoms with Gasteiger partial charge in [0.15, 0.2) is 11.5 Å². The van der Waals surface area contributed by atoms with E-state index < -0.39 is 0 Å². The second kappa shape index (κ2) is 11.2. The van der Waals surface area contributed by atoms with E-state index in [1.54, 1.807) is 24.3 Å². The molecule has 3 aromatic carbocycles. The molecule has 0 saturated carbocycles. The Morgan fingerprint density at radius 1 is 1.00 bits per heavy atom. The Balaban J connectivity index is 1.50. The molecule has 168 valence electrons. The minimum absolute atomic E-state index is 0.344. The van der Waals surface area contributed by atoms with Crippen molar-refractivity contribution < 1.29 is 9.47 Å². The first-order valence-corrected chi connectivity index (χ1v) is 11.7. The molecule has 6 nitrogen and oxygen atoms in total. The Bertz CT molecular complexity index is 1250. The number of nitrogens with zero attached hydrogens (tertiary/aromatic N) is 4. The summed E-state index contributed by atoms with van der Waals surface area (Å²) in [5.74, 6) is 1.92. The molecule has 0 N–H and O–H groups in total. The Labute approximate surface area is 206 Å². The smallest absolute Gasteiger partial charge is 0.212 e. The Morgan fingerprint density at radius 3 is 2.61 bits per heavy atom. The summed E-state index contributed by atoms with van der Waals surface area (Å²) in [5, 5.41) is 14.7. The van der Waals surface area contributed by atoms with Gasteiger partial charge in [-0.3, -0.25) is 0 Å². The van der Waals surface area contributed by atoms with Crippen LogP contribution in [-0.2, 0) is 12.4 Å². The zero-order valence-corrected chi connectivity index (χ0v) is 20.0. The lowest BCUT2D eigenvalue weighted by Crippen LogP contribution is -2.01. The standard InChI is InChI=1S/C24H20Cl2N4O2S/c1-31-22-7-3-5-19(23(22)32-14-18-4-2-6-21(26)12-18)13-28-30-16-27-29-24(30)33-15-17-8-10-20(25)11-9-17/h2-13,16H,14-15H2,1H3/b28-13+. The first-order valence-electron chi connectivity index (χ1n) is 9.98. The van der Waals surface area contributed by atoms with Crippen LogP contribution in [0.1, 0.15) is 16.7 Å². The number of hydrogen-bond acceptors (Lipinski definition) is 6. The van der Waals surface area contributed by atoms with Crippen LogP contribution in [0.4, 0.5) is 0 Å². The van der Waals surface area contributed by atoms with Gasteiger partial charge in [0.25, 0.3) is 0 Å². The van der Waals surface area contributed by atoms with Crippen LogP contribution < -0.4 is 9.47 Å². The lowest BCUT2D eigenvalue weighted by molar-refractivity contribution is 0.284. The van der Waals surface area contributed by atoms with Crippen molar-refractivity contribution in [3.63, 3.8) is 0 Å². The number of para-hydroxylation sites is 1. The van der Waals surface area contributed by atoms with Crippen molar-refractivity contribution in [2.45, 2.75) is 17.5 Å². The molecule has 0 bridgehead atoms. The number of ether oxygens (including phenoxy) is 2. The maximum Gasteiger partial charge on any atom is 0.212 e. The summed E-state index contributed by atoms with van der Waals surface area (Å²) < 4.78 is 13.2. The van der Waals surface area contributed by atoms with E-state index in [0.29, 0.717) is 33.3 Å². The molecule has 0 aliphatic rings. The third kappa shape index (κ3) is 6.28. The van der Waals surface area contributed by atoms with E-state index in [1.807, 2.05) is 66.7 Å². The molecule has 0 aliphatic heterocycles. The molecule has 0 unspecified atom stereocenters. The SMILES string of the molecule is COc1cccc(/C=N/n2cnnc2SCc2ccc(Cl)cc2)c1OCc1cccc(Cl)c1. The summed E-state index contributed by atoms with van der Waals surface area (Å²) in [7, 11) is 1.60. The average molecular weight is 499 g/mol. The van der Waals surface area contributed by atoms with Gasteiger partial charge in [0.2, 0.25) is 5.16 Å². The maximum atomic E-state index is 6.09. The van der Waals surface area contributed by atoms with Crippen molar-refractivity contribution in [3.8, 4) is 11.5 Å². The van der Waals surface area contributed by atoms with Crippen LogP contribution in [0.2, 0.25) is 10.0 Å². The monoisotopic (exact) mass is 498 g/mol. The van der Waals surface area contributed by atoms with Crippen LogP contribution in [0.3, 0.4) is 0 Å². The number of halogens is 2. The Kier molecular flexibility index (Phi) is 7.88. The molecule has 1 heterocycles. The van der Waals surface area contributed by atoms with Gasteiger partial charge in [-0.05, 0) is 47.5 Å². The van der Waals surface area contributed by atoms with Gasteiger partial charge < -0.3 is 9.47 Å². The molecule has 0 amide bonds. The highest BCUT2D eigenvalue weighted by atomic mass is 35.5. The van der Waals surface area contributed by atoms with Gasteiger partial charge in [-0.15, -0.1) is 10.2 Å². The summed E-state index contributed by atoms with van der Waals surface area (Å²) in [5.41, 5.74) is 2.85. The molecule has 0 radical (unpaired) electrons. The van der Waals surface area contributed by atoms with Gasteiger partial charge in [0.1, 0.15) is 12.9 Å². The third-order valence-electron chi connectivity index (χ3n) is 4.60. The van der Waals surface area contributed by atoms with Crippen molar-refractivity contribution >= 4 is 41.2 Å². The van der Waals surface area contributed by atoms with E-state index in [-0.39, 0.29) is 0 Å². The van der Waals surface area contributed by atoms with E-state index in [4.69, 9.17) is 32.7 Å². The molecule has 0 spiro atoms. The number of aromatic nitrogens is 3. The van der Waals surface area contributed by atoms with Crippen LogP contribution >= 0.6 is 35.0 Å². The predicted octanol–water partition coefficient (Wildman–Crippen LogP) is 6.35. The molecule has 9 heteroatoms. The van der Waals surface area contributed by atoms with Crippen molar-refractivity contribution in [2.24, 2.45) is 5.10 Å². The number of rotatable bonds is 9. The minimum atomic E-state index is 0.344. The number of hydrogen-bond donors (Lipinski definition) is 0. The molecule has 1 aromatic heterocycles. The lowest BCUT2D eigenvalue weighted by Gasteiger charge is -2.13. The van der Waals surface area contributed by atoms with Crippen molar-refractivity contribution in [1.29, 1.82) is 0 Å². The number of thioether (sulfide) groups is 1. The highest BCUT2D eigenvalue weighted by Crippen LogP contribution is 2.31. The first kappa shape index (κ1) is 23.2. The fourth-order valence-electron chi connectivity index (χ4n) is 2.98. The highest BCUT2D eigenvalue weighted by molar-refractivity contribution is 7.98. The molecule has 0 aliphatic carbocycles. The van der Waals surface area contributed by atoms with Gasteiger partial charge in [-0.1, -0.05) is 65.3 Å². The second-order valence-electron chi connectivity index (χ2n) is 6.92. The van der Waals surface area contributed by atoms with Gasteiger partial charge in [0, 0.05) is 21.4 Å². The van der Waals surface area contributed by atoms with Crippen molar-refractivity contribution in [3.05, 3.63) is 99.8 Å². The molecular formula is C24H20Cl2N4O2S. The fraction of sp³-hybridized carbons (Fsp3) is 0.125. The van der Waals surface area contributed by atoms with Crippen molar-refractivity contribution in [2.75, 3.05) is 7.11 Å². The quantitative estimate of drug-likeness (QED) is 0.199. The highest BCUT2D eigenvalue weighted by Gasteiger charge is 2.11. The second-order valence-corrected chi connectivity index (χ2v) is 8.73. The Morgan fingerprint density at radius 2 is 1.82 bits per heavy atom. The van der Waals surface area contributed by atoms with Crippen LogP contribution in [0, 0.1) is 0 Å². The zero-order chi connectivity index (χ0) is 23.0. The summed E-state index contributed by atoms with van der Waals surface area (Å²) in [6.07, 6.45) is 3.26. The molecule has 33 heavy (non-hydrogen) atoms. The van der Waals surface area contributed by atoms with Gasteiger partial charge in [-0.2, -0.15) is 9.78 Å². The van der Waals surface area contributed by atoms with E-state index in [2.05, 4.69) is 15.3 Å². The lowest BCUT2D eigenvalue weighted by atomic mass is 10.2. The summed E-state index contributed by atoms with van der Waals surface area (Å²) >= 11 is 13.6.